The number of rotatable bonds is 2. The molecule has 7 nitrogen and oxygen atoms in total. The van der Waals surface area contributed by atoms with E-state index < -0.39 is 23.4 Å². The number of guanidine groups is 1. The second kappa shape index (κ2) is 9.28. The zero-order chi connectivity index (χ0) is 20.8. The zero-order valence-corrected chi connectivity index (χ0v) is 17.8. The Hall–Kier alpha value is -1.99. The molecule has 0 spiro atoms. The van der Waals surface area contributed by atoms with Crippen molar-refractivity contribution in [1.29, 1.82) is 0 Å². The monoisotopic (exact) mass is 417 g/mol. The van der Waals surface area contributed by atoms with E-state index in [9.17, 15) is 9.59 Å². The third-order valence-corrected chi connectivity index (χ3v) is 3.54. The molecule has 0 aliphatic carbocycles. The first-order chi connectivity index (χ1) is 12.3. The molecule has 0 aromatic heterocycles. The van der Waals surface area contributed by atoms with Crippen LogP contribution in [0.25, 0.3) is 0 Å². The molecule has 0 heterocycles. The highest BCUT2D eigenvalue weighted by atomic mass is 35.5. The van der Waals surface area contributed by atoms with Gasteiger partial charge in [0.05, 0.1) is 16.6 Å². The Bertz CT molecular complexity index is 690. The maximum absolute atomic E-state index is 12.0. The highest BCUT2D eigenvalue weighted by Crippen LogP contribution is 2.25. The van der Waals surface area contributed by atoms with Gasteiger partial charge in [-0.1, -0.05) is 35.3 Å². The molecule has 1 aromatic rings. The van der Waals surface area contributed by atoms with Crippen LogP contribution >= 0.6 is 23.2 Å². The second-order valence-corrected chi connectivity index (χ2v) is 8.42. The SMILES string of the molecule is CC(C)(C)OC(=O)NC(=NCc1cccc(Cl)c1Cl)NC(=O)OC(C)(C)C. The molecule has 150 valence electrons. The van der Waals surface area contributed by atoms with Gasteiger partial charge in [0.15, 0.2) is 0 Å². The molecule has 0 bridgehead atoms. The van der Waals surface area contributed by atoms with E-state index in [1.807, 2.05) is 0 Å². The summed E-state index contributed by atoms with van der Waals surface area (Å²) in [5, 5.41) is 5.52. The molecule has 1 rings (SSSR count). The predicted molar refractivity (Wildman–Crippen MR) is 106 cm³/mol. The van der Waals surface area contributed by atoms with E-state index in [4.69, 9.17) is 32.7 Å². The fraction of sp³-hybridized carbons (Fsp3) is 0.500. The second-order valence-electron chi connectivity index (χ2n) is 7.63. The molecule has 1 aromatic carbocycles. The van der Waals surface area contributed by atoms with Gasteiger partial charge in [-0.05, 0) is 53.2 Å². The first-order valence-corrected chi connectivity index (χ1v) is 9.00. The van der Waals surface area contributed by atoms with Crippen molar-refractivity contribution in [2.75, 3.05) is 0 Å². The van der Waals surface area contributed by atoms with Crippen LogP contribution in [-0.4, -0.2) is 29.3 Å². The Balaban J connectivity index is 2.96. The molecule has 9 heteroatoms. The Morgan fingerprint density at radius 1 is 0.963 bits per heavy atom. The van der Waals surface area contributed by atoms with Crippen molar-refractivity contribution in [3.8, 4) is 0 Å². The van der Waals surface area contributed by atoms with Gasteiger partial charge in [-0.2, -0.15) is 0 Å². The number of carbonyl (C=O) groups excluding carboxylic acids is 2. The molecule has 0 fully saturated rings. The van der Waals surface area contributed by atoms with E-state index in [1.165, 1.54) is 0 Å². The number of benzene rings is 1. The highest BCUT2D eigenvalue weighted by molar-refractivity contribution is 6.42. The fourth-order valence-electron chi connectivity index (χ4n) is 1.75. The minimum atomic E-state index is -0.769. The van der Waals surface area contributed by atoms with Crippen LogP contribution in [0.5, 0.6) is 0 Å². The molecule has 2 N–H and O–H groups in total. The van der Waals surface area contributed by atoms with E-state index in [0.29, 0.717) is 15.6 Å². The van der Waals surface area contributed by atoms with Crippen molar-refractivity contribution < 1.29 is 19.1 Å². The van der Waals surface area contributed by atoms with Crippen molar-refractivity contribution in [1.82, 2.24) is 10.6 Å². The largest absolute Gasteiger partial charge is 0.444 e. The number of ether oxygens (including phenoxy) is 2. The highest BCUT2D eigenvalue weighted by Gasteiger charge is 2.21. The molecule has 0 saturated heterocycles. The van der Waals surface area contributed by atoms with Gasteiger partial charge in [0.1, 0.15) is 11.2 Å². The molecule has 0 saturated carbocycles. The van der Waals surface area contributed by atoms with Gasteiger partial charge in [-0.3, -0.25) is 10.6 Å². The zero-order valence-electron chi connectivity index (χ0n) is 16.3. The van der Waals surface area contributed by atoms with E-state index >= 15 is 0 Å². The molecular weight excluding hydrogens is 393 g/mol. The molecule has 2 amide bonds. The van der Waals surface area contributed by atoms with Crippen molar-refractivity contribution in [3.05, 3.63) is 33.8 Å². The molecule has 27 heavy (non-hydrogen) atoms. The van der Waals surface area contributed by atoms with Gasteiger partial charge in [0, 0.05) is 0 Å². The summed E-state index contributed by atoms with van der Waals surface area (Å²) in [6.45, 7) is 10.4. The van der Waals surface area contributed by atoms with Gasteiger partial charge < -0.3 is 9.47 Å². The van der Waals surface area contributed by atoms with Crippen LogP contribution in [0.2, 0.25) is 10.0 Å². The Morgan fingerprint density at radius 3 is 1.89 bits per heavy atom. The number of aliphatic imine (C=N–C) groups is 1. The van der Waals surface area contributed by atoms with Crippen molar-refractivity contribution in [2.45, 2.75) is 59.3 Å². The Morgan fingerprint density at radius 2 is 1.44 bits per heavy atom. The smallest absolute Gasteiger partial charge is 0.414 e. The number of amides is 2. The first kappa shape index (κ1) is 23.0. The van der Waals surface area contributed by atoms with Gasteiger partial charge in [0.2, 0.25) is 5.96 Å². The van der Waals surface area contributed by atoms with Crippen LogP contribution < -0.4 is 10.6 Å². The normalized spacial score (nSPS) is 11.4. The fourth-order valence-corrected chi connectivity index (χ4v) is 2.13. The van der Waals surface area contributed by atoms with Gasteiger partial charge in [-0.25, -0.2) is 14.6 Å². The summed E-state index contributed by atoms with van der Waals surface area (Å²) in [6.07, 6.45) is -1.54. The topological polar surface area (TPSA) is 89.0 Å². The first-order valence-electron chi connectivity index (χ1n) is 8.24. The number of nitrogens with zero attached hydrogens (tertiary/aromatic N) is 1. The quantitative estimate of drug-likeness (QED) is 0.528. The van der Waals surface area contributed by atoms with Crippen LogP contribution in [0.4, 0.5) is 9.59 Å². The number of hydrogen-bond donors (Lipinski definition) is 2. The minimum Gasteiger partial charge on any atom is -0.444 e. The van der Waals surface area contributed by atoms with E-state index in [-0.39, 0.29) is 12.5 Å². The third kappa shape index (κ3) is 9.49. The third-order valence-electron chi connectivity index (χ3n) is 2.68. The van der Waals surface area contributed by atoms with Crippen molar-refractivity contribution in [3.63, 3.8) is 0 Å². The number of carbonyl (C=O) groups is 2. The summed E-state index contributed by atoms with van der Waals surface area (Å²) < 4.78 is 10.4. The molecule has 0 aliphatic heterocycles. The summed E-state index contributed by atoms with van der Waals surface area (Å²) in [5.74, 6) is -0.130. The van der Waals surface area contributed by atoms with Crippen LogP contribution in [0.3, 0.4) is 0 Å². The van der Waals surface area contributed by atoms with Gasteiger partial charge in [-0.15, -0.1) is 0 Å². The molecule has 0 atom stereocenters. The maximum Gasteiger partial charge on any atom is 0.414 e. The number of hydrogen-bond acceptors (Lipinski definition) is 5. The van der Waals surface area contributed by atoms with Gasteiger partial charge in [0.25, 0.3) is 0 Å². The van der Waals surface area contributed by atoms with Gasteiger partial charge >= 0.3 is 12.2 Å². The van der Waals surface area contributed by atoms with E-state index in [2.05, 4.69) is 15.6 Å². The lowest BCUT2D eigenvalue weighted by molar-refractivity contribution is 0.0545. The lowest BCUT2D eigenvalue weighted by atomic mass is 10.2. The molecule has 0 aliphatic rings. The van der Waals surface area contributed by atoms with Crippen LogP contribution in [-0.2, 0) is 16.0 Å². The average Bonchev–Trinajstić information content (AvgIpc) is 2.44. The average molecular weight is 418 g/mol. The molecular formula is C18H25Cl2N3O4. The van der Waals surface area contributed by atoms with Crippen LogP contribution in [0.1, 0.15) is 47.1 Å². The van der Waals surface area contributed by atoms with Crippen LogP contribution in [0, 0.1) is 0 Å². The lowest BCUT2D eigenvalue weighted by Crippen LogP contribution is -2.47. The maximum atomic E-state index is 12.0. The molecule has 0 unspecified atom stereocenters. The standard InChI is InChI=1S/C18H25Cl2N3O4/c1-17(2,3)26-15(24)22-14(23-16(25)27-18(4,5)6)21-10-11-8-7-9-12(19)13(11)20/h7-9H,10H2,1-6H3,(H2,21,22,23,24,25). The lowest BCUT2D eigenvalue weighted by Gasteiger charge is -2.22. The van der Waals surface area contributed by atoms with Crippen molar-refractivity contribution in [2.24, 2.45) is 4.99 Å². The number of nitrogens with one attached hydrogen (secondary N) is 2. The van der Waals surface area contributed by atoms with E-state index in [1.54, 1.807) is 59.7 Å². The Kier molecular flexibility index (Phi) is 7.92. The minimum absolute atomic E-state index is 0.0698. The summed E-state index contributed by atoms with van der Waals surface area (Å²) >= 11 is 12.1. The summed E-state index contributed by atoms with van der Waals surface area (Å²) in [6, 6.07) is 5.10. The van der Waals surface area contributed by atoms with Crippen LogP contribution in [0.15, 0.2) is 23.2 Å². The Labute approximate surface area is 169 Å². The van der Waals surface area contributed by atoms with Crippen molar-refractivity contribution >= 4 is 41.3 Å². The summed E-state index contributed by atoms with van der Waals surface area (Å²) in [5.41, 5.74) is -0.798. The number of halogens is 2. The number of alkyl carbamates (subject to hydrolysis) is 2. The van der Waals surface area contributed by atoms with E-state index in [0.717, 1.165) is 0 Å². The summed E-state index contributed by atoms with van der Waals surface area (Å²) in [7, 11) is 0. The molecule has 0 radical (unpaired) electrons. The predicted octanol–water partition coefficient (Wildman–Crippen LogP) is 4.90. The summed E-state index contributed by atoms with van der Waals surface area (Å²) in [4.78, 5) is 28.2.